The van der Waals surface area contributed by atoms with Crippen molar-refractivity contribution < 1.29 is 28.7 Å². The number of carbonyl (C=O) groups is 4. The Labute approximate surface area is 210 Å². The number of phenolic OH excluding ortho intramolecular Hbond substituents is 1. The van der Waals surface area contributed by atoms with Crippen LogP contribution < -0.4 is 10.2 Å². The Morgan fingerprint density at radius 3 is 2.47 bits per heavy atom. The lowest BCUT2D eigenvalue weighted by Gasteiger charge is -2.49. The van der Waals surface area contributed by atoms with Gasteiger partial charge in [0, 0.05) is 5.92 Å². The quantitative estimate of drug-likeness (QED) is 0.475. The van der Waals surface area contributed by atoms with Crippen LogP contribution in [-0.2, 0) is 19.2 Å². The van der Waals surface area contributed by atoms with Gasteiger partial charge in [-0.25, -0.2) is 9.29 Å². The number of phenols is 1. The molecule has 6 atom stereocenters. The molecule has 4 aliphatic rings. The number of amides is 4. The van der Waals surface area contributed by atoms with Crippen molar-refractivity contribution >= 4 is 40.9 Å². The summed E-state index contributed by atoms with van der Waals surface area (Å²) in [5.41, 5.74) is 0.550. The fourth-order valence-corrected chi connectivity index (χ4v) is 7.02. The molecule has 2 saturated heterocycles. The third-order valence-corrected chi connectivity index (χ3v) is 8.79. The number of rotatable bonds is 2. The highest BCUT2D eigenvalue weighted by molar-refractivity contribution is 6.31. The highest BCUT2D eigenvalue weighted by Crippen LogP contribution is 2.63. The van der Waals surface area contributed by atoms with E-state index in [0.717, 1.165) is 22.1 Å². The molecule has 7 nitrogen and oxygen atoms in total. The summed E-state index contributed by atoms with van der Waals surface area (Å²) in [5.74, 6) is -5.02. The van der Waals surface area contributed by atoms with Crippen LogP contribution in [0.15, 0.2) is 54.1 Å². The minimum absolute atomic E-state index is 0.0580. The molecule has 9 heteroatoms. The second kappa shape index (κ2) is 7.74. The fraction of sp³-hybridized carbons (Fsp3) is 0.333. The van der Waals surface area contributed by atoms with Crippen LogP contribution in [0.25, 0.3) is 0 Å². The van der Waals surface area contributed by atoms with E-state index in [1.807, 2.05) is 6.08 Å². The van der Waals surface area contributed by atoms with Gasteiger partial charge in [0.25, 0.3) is 0 Å². The fourth-order valence-electron chi connectivity index (χ4n) is 6.84. The van der Waals surface area contributed by atoms with Gasteiger partial charge in [0.2, 0.25) is 23.6 Å². The number of nitrogens with one attached hydrogen (secondary N) is 1. The van der Waals surface area contributed by atoms with Crippen LogP contribution in [-0.4, -0.2) is 28.7 Å². The maximum atomic E-state index is 14.1. The molecule has 0 bridgehead atoms. The van der Waals surface area contributed by atoms with Crippen molar-refractivity contribution in [1.82, 2.24) is 5.32 Å². The molecule has 0 aromatic heterocycles. The van der Waals surface area contributed by atoms with Gasteiger partial charge in [-0.2, -0.15) is 0 Å². The highest BCUT2D eigenvalue weighted by Gasteiger charge is 2.67. The summed E-state index contributed by atoms with van der Waals surface area (Å²) in [6, 6.07) is 10.2. The molecule has 0 radical (unpaired) electrons. The number of benzene rings is 2. The third kappa shape index (κ3) is 2.97. The number of hydrogen-bond donors (Lipinski definition) is 2. The van der Waals surface area contributed by atoms with Crippen LogP contribution in [0.1, 0.15) is 31.2 Å². The van der Waals surface area contributed by atoms with Crippen LogP contribution in [0.3, 0.4) is 0 Å². The largest absolute Gasteiger partial charge is 0.508 e. The standard InChI is InChI=1S/C27H22ClFN2O5/c1-27-18(25(35)31(26(27)36)13-4-9-20(29)19(28)10-13)11-17-15(22(27)12-2-5-14(32)6-3-12)7-8-16-21(17)24(34)30-23(16)33/h2-7,9-10,16-18,21-22,32H,8,11H2,1H3,(H,30,33,34)/t16-,17+,18-,21-,22-,27+/m0/s1. The van der Waals surface area contributed by atoms with Crippen molar-refractivity contribution in [3.8, 4) is 5.75 Å². The summed E-state index contributed by atoms with van der Waals surface area (Å²) < 4.78 is 13.8. The molecule has 2 aromatic rings. The Bertz CT molecular complexity index is 1390. The zero-order valence-electron chi connectivity index (χ0n) is 19.2. The first kappa shape index (κ1) is 22.9. The molecule has 1 saturated carbocycles. The summed E-state index contributed by atoms with van der Waals surface area (Å²) >= 11 is 5.97. The summed E-state index contributed by atoms with van der Waals surface area (Å²) in [4.78, 5) is 54.3. The predicted molar refractivity (Wildman–Crippen MR) is 127 cm³/mol. The van der Waals surface area contributed by atoms with Crippen LogP contribution in [0, 0.1) is 34.9 Å². The number of carbonyl (C=O) groups excluding carboxylic acids is 4. The molecule has 2 N–H and O–H groups in total. The summed E-state index contributed by atoms with van der Waals surface area (Å²) in [6.45, 7) is 1.75. The Hall–Kier alpha value is -3.52. The first-order valence-corrected chi connectivity index (χ1v) is 12.2. The normalized spacial score (nSPS) is 33.1. The minimum Gasteiger partial charge on any atom is -0.508 e. The summed E-state index contributed by atoms with van der Waals surface area (Å²) in [6.07, 6.45) is 2.54. The van der Waals surface area contributed by atoms with E-state index in [9.17, 15) is 28.7 Å². The molecule has 0 unspecified atom stereocenters. The Kier molecular flexibility index (Phi) is 4.92. The molecule has 2 aromatic carbocycles. The molecule has 2 aliphatic carbocycles. The molecule has 3 fully saturated rings. The number of fused-ring (bicyclic) bond motifs is 4. The highest BCUT2D eigenvalue weighted by atomic mass is 35.5. The molecular weight excluding hydrogens is 487 g/mol. The third-order valence-electron chi connectivity index (χ3n) is 8.51. The van der Waals surface area contributed by atoms with E-state index in [-0.39, 0.29) is 34.7 Å². The number of nitrogens with zero attached hydrogens (tertiary/aromatic N) is 1. The average molecular weight is 509 g/mol. The number of hydrogen-bond acceptors (Lipinski definition) is 5. The van der Waals surface area contributed by atoms with Gasteiger partial charge in [-0.1, -0.05) is 35.4 Å². The minimum atomic E-state index is -1.21. The SMILES string of the molecule is C[C@@]12C(=O)N(c3ccc(F)c(Cl)c3)C(=O)[C@@H]1C[C@@H]1C(=CC[C@@H]3C(=O)NC(=O)[C@@H]31)[C@@H]2c1ccc(O)cc1. The van der Waals surface area contributed by atoms with E-state index < -0.39 is 52.6 Å². The predicted octanol–water partition coefficient (Wildman–Crippen LogP) is 3.70. The molecular formula is C27H22ClFN2O5. The van der Waals surface area contributed by atoms with E-state index in [4.69, 9.17) is 11.6 Å². The lowest BCUT2D eigenvalue weighted by atomic mass is 9.51. The van der Waals surface area contributed by atoms with Crippen molar-refractivity contribution in [3.63, 3.8) is 0 Å². The van der Waals surface area contributed by atoms with Gasteiger partial charge in [-0.05, 0) is 61.6 Å². The topological polar surface area (TPSA) is 104 Å². The van der Waals surface area contributed by atoms with Crippen molar-refractivity contribution in [2.45, 2.75) is 25.7 Å². The van der Waals surface area contributed by atoms with Gasteiger partial charge in [0.15, 0.2) is 0 Å². The zero-order chi connectivity index (χ0) is 25.5. The van der Waals surface area contributed by atoms with Gasteiger partial charge in [0.05, 0.1) is 33.9 Å². The molecule has 2 heterocycles. The number of allylic oxidation sites excluding steroid dienone is 2. The first-order chi connectivity index (χ1) is 17.1. The Morgan fingerprint density at radius 2 is 1.78 bits per heavy atom. The monoisotopic (exact) mass is 508 g/mol. The number of halogens is 2. The van der Waals surface area contributed by atoms with Gasteiger partial charge >= 0.3 is 0 Å². The van der Waals surface area contributed by atoms with Crippen LogP contribution in [0.4, 0.5) is 10.1 Å². The van der Waals surface area contributed by atoms with E-state index in [2.05, 4.69) is 5.32 Å². The lowest BCUT2D eigenvalue weighted by Crippen LogP contribution is -2.48. The molecule has 4 amide bonds. The van der Waals surface area contributed by atoms with Crippen molar-refractivity contribution in [3.05, 3.63) is 70.5 Å². The lowest BCUT2D eigenvalue weighted by molar-refractivity contribution is -0.131. The van der Waals surface area contributed by atoms with Crippen LogP contribution in [0.2, 0.25) is 5.02 Å². The van der Waals surface area contributed by atoms with E-state index in [0.29, 0.717) is 6.42 Å². The average Bonchev–Trinajstić information content (AvgIpc) is 3.24. The first-order valence-electron chi connectivity index (χ1n) is 11.8. The Morgan fingerprint density at radius 1 is 1.06 bits per heavy atom. The molecule has 184 valence electrons. The smallest absolute Gasteiger partial charge is 0.241 e. The Balaban J connectivity index is 1.53. The number of aromatic hydroxyl groups is 1. The molecule has 0 spiro atoms. The summed E-state index contributed by atoms with van der Waals surface area (Å²) in [5, 5.41) is 12.1. The van der Waals surface area contributed by atoms with Crippen molar-refractivity contribution in [2.24, 2.45) is 29.1 Å². The van der Waals surface area contributed by atoms with Crippen LogP contribution >= 0.6 is 11.6 Å². The maximum Gasteiger partial charge on any atom is 0.241 e. The second-order valence-corrected chi connectivity index (χ2v) is 10.6. The van der Waals surface area contributed by atoms with Crippen molar-refractivity contribution in [2.75, 3.05) is 4.90 Å². The van der Waals surface area contributed by atoms with E-state index in [1.165, 1.54) is 24.3 Å². The van der Waals surface area contributed by atoms with E-state index >= 15 is 0 Å². The molecule has 6 rings (SSSR count). The number of anilines is 1. The van der Waals surface area contributed by atoms with Crippen molar-refractivity contribution in [1.29, 1.82) is 0 Å². The summed E-state index contributed by atoms with van der Waals surface area (Å²) in [7, 11) is 0. The zero-order valence-corrected chi connectivity index (χ0v) is 20.0. The molecule has 2 aliphatic heterocycles. The molecule has 36 heavy (non-hydrogen) atoms. The second-order valence-electron chi connectivity index (χ2n) is 10.2. The van der Waals surface area contributed by atoms with Gasteiger partial charge in [-0.3, -0.25) is 24.5 Å². The van der Waals surface area contributed by atoms with Gasteiger partial charge in [0.1, 0.15) is 11.6 Å². The van der Waals surface area contributed by atoms with Crippen LogP contribution in [0.5, 0.6) is 5.75 Å². The number of imide groups is 2. The van der Waals surface area contributed by atoms with Gasteiger partial charge in [-0.15, -0.1) is 0 Å². The van der Waals surface area contributed by atoms with E-state index in [1.54, 1.807) is 19.1 Å². The maximum absolute atomic E-state index is 14.1. The van der Waals surface area contributed by atoms with Gasteiger partial charge < -0.3 is 5.11 Å².